The zero-order valence-corrected chi connectivity index (χ0v) is 9.24. The lowest BCUT2D eigenvalue weighted by molar-refractivity contribution is -0.119. The van der Waals surface area contributed by atoms with Gasteiger partial charge in [-0.3, -0.25) is 4.79 Å². The summed E-state index contributed by atoms with van der Waals surface area (Å²) < 4.78 is 0. The van der Waals surface area contributed by atoms with E-state index >= 15 is 0 Å². The average Bonchev–Trinajstić information content (AvgIpc) is 2.41. The van der Waals surface area contributed by atoms with Gasteiger partial charge in [-0.05, 0) is 18.0 Å². The van der Waals surface area contributed by atoms with Gasteiger partial charge in [-0.15, -0.1) is 0 Å². The molecular formula is C8H11ClN6O. The van der Waals surface area contributed by atoms with Gasteiger partial charge in [-0.25, -0.2) is 0 Å². The molecular weight excluding hydrogens is 232 g/mol. The molecule has 0 spiro atoms. The van der Waals surface area contributed by atoms with Gasteiger partial charge in [0.1, 0.15) is 0 Å². The Bertz CT molecular complexity index is 391. The summed E-state index contributed by atoms with van der Waals surface area (Å²) in [7, 11) is 0. The van der Waals surface area contributed by atoms with Gasteiger partial charge in [-0.1, -0.05) is 0 Å². The van der Waals surface area contributed by atoms with Crippen LogP contribution in [-0.2, 0) is 4.79 Å². The van der Waals surface area contributed by atoms with Crippen LogP contribution in [0.2, 0.25) is 5.28 Å². The fourth-order valence-electron chi connectivity index (χ4n) is 1.47. The Morgan fingerprint density at radius 3 is 2.94 bits per heavy atom. The van der Waals surface area contributed by atoms with Crippen LogP contribution in [0, 0.1) is 0 Å². The fraction of sp³-hybridized carbons (Fsp3) is 0.500. The van der Waals surface area contributed by atoms with Crippen LogP contribution >= 0.6 is 11.6 Å². The molecule has 0 atom stereocenters. The number of aromatic nitrogens is 3. The second kappa shape index (κ2) is 4.48. The molecule has 1 aromatic heterocycles. The number of anilines is 2. The smallest absolute Gasteiger partial charge is 0.239 e. The molecule has 1 saturated heterocycles. The van der Waals surface area contributed by atoms with E-state index in [9.17, 15) is 4.79 Å². The maximum atomic E-state index is 11.3. The van der Waals surface area contributed by atoms with Gasteiger partial charge < -0.3 is 16.0 Å². The lowest BCUT2D eigenvalue weighted by Crippen LogP contribution is -2.34. The molecule has 7 nitrogen and oxygen atoms in total. The number of hydrogen-bond acceptors (Lipinski definition) is 6. The number of nitrogens with two attached hydrogens (primary N) is 1. The summed E-state index contributed by atoms with van der Waals surface area (Å²) in [5, 5.41) is 2.79. The number of amides is 1. The molecule has 1 aromatic rings. The maximum Gasteiger partial charge on any atom is 0.239 e. The number of rotatable bonds is 1. The van der Waals surface area contributed by atoms with Crippen LogP contribution in [-0.4, -0.2) is 40.5 Å². The second-order valence-electron chi connectivity index (χ2n) is 3.39. The predicted molar refractivity (Wildman–Crippen MR) is 59.1 cm³/mol. The minimum absolute atomic E-state index is 0.0344. The third kappa shape index (κ3) is 2.48. The van der Waals surface area contributed by atoms with Crippen molar-refractivity contribution in [1.82, 2.24) is 20.3 Å². The summed E-state index contributed by atoms with van der Waals surface area (Å²) >= 11 is 5.68. The first-order valence-corrected chi connectivity index (χ1v) is 5.21. The molecule has 16 heavy (non-hydrogen) atoms. The van der Waals surface area contributed by atoms with E-state index in [0.29, 0.717) is 19.0 Å². The number of hydrogen-bond donors (Lipinski definition) is 2. The summed E-state index contributed by atoms with van der Waals surface area (Å²) in [6.07, 6.45) is 0.828. The van der Waals surface area contributed by atoms with Gasteiger partial charge in [0.25, 0.3) is 0 Å². The predicted octanol–water partition coefficient (Wildman–Crippen LogP) is -0.567. The Hall–Kier alpha value is -1.63. The number of nitrogens with one attached hydrogen (secondary N) is 1. The minimum Gasteiger partial charge on any atom is -0.368 e. The van der Waals surface area contributed by atoms with E-state index in [4.69, 9.17) is 17.3 Å². The van der Waals surface area contributed by atoms with E-state index < -0.39 is 0 Å². The minimum atomic E-state index is -0.0624. The van der Waals surface area contributed by atoms with E-state index in [1.54, 1.807) is 4.90 Å². The molecule has 1 aliphatic rings. The number of nitrogen functional groups attached to an aromatic ring is 1. The third-order valence-electron chi connectivity index (χ3n) is 2.16. The van der Waals surface area contributed by atoms with Crippen molar-refractivity contribution in [2.75, 3.05) is 30.3 Å². The summed E-state index contributed by atoms with van der Waals surface area (Å²) in [4.78, 5) is 24.6. The molecule has 8 heteroatoms. The van der Waals surface area contributed by atoms with Crippen molar-refractivity contribution >= 4 is 29.4 Å². The first-order valence-electron chi connectivity index (χ1n) is 4.84. The zero-order valence-electron chi connectivity index (χ0n) is 8.48. The van der Waals surface area contributed by atoms with Crippen LogP contribution in [0.25, 0.3) is 0 Å². The quantitative estimate of drug-likeness (QED) is 0.685. The highest BCUT2D eigenvalue weighted by Crippen LogP contribution is 2.13. The molecule has 1 aliphatic heterocycles. The van der Waals surface area contributed by atoms with Gasteiger partial charge in [0.15, 0.2) is 0 Å². The van der Waals surface area contributed by atoms with Crippen molar-refractivity contribution in [2.45, 2.75) is 6.42 Å². The number of halogens is 1. The van der Waals surface area contributed by atoms with Crippen LogP contribution in [0.15, 0.2) is 0 Å². The maximum absolute atomic E-state index is 11.3. The third-order valence-corrected chi connectivity index (χ3v) is 2.33. The number of nitrogens with zero attached hydrogens (tertiary/aromatic N) is 4. The molecule has 86 valence electrons. The number of carbonyl (C=O) groups is 1. The highest BCUT2D eigenvalue weighted by Gasteiger charge is 2.18. The Labute approximate surface area is 97.0 Å². The first-order chi connectivity index (χ1) is 7.65. The standard InChI is InChI=1S/C8H11ClN6O/c9-6-12-7(10)14-8(13-6)15-3-1-2-11-5(16)4-15/h1-4H2,(H,11,16)(H2,10,12,13,14). The molecule has 3 N–H and O–H groups in total. The van der Waals surface area contributed by atoms with Crippen LogP contribution in [0.1, 0.15) is 6.42 Å². The highest BCUT2D eigenvalue weighted by molar-refractivity contribution is 6.28. The van der Waals surface area contributed by atoms with Gasteiger partial charge in [0.05, 0.1) is 6.54 Å². The normalized spacial score (nSPS) is 16.8. The zero-order chi connectivity index (χ0) is 11.5. The summed E-state index contributed by atoms with van der Waals surface area (Å²) in [5.41, 5.74) is 5.47. The van der Waals surface area contributed by atoms with Crippen LogP contribution in [0.5, 0.6) is 0 Å². The molecule has 1 amide bonds. The van der Waals surface area contributed by atoms with Gasteiger partial charge in [0.2, 0.25) is 23.1 Å². The first kappa shape index (κ1) is 10.9. The average molecular weight is 243 g/mol. The molecule has 2 rings (SSSR count). The Morgan fingerprint density at radius 1 is 1.38 bits per heavy atom. The Balaban J connectivity index is 2.24. The van der Waals surface area contributed by atoms with Crippen LogP contribution < -0.4 is 16.0 Å². The van der Waals surface area contributed by atoms with Gasteiger partial charge in [-0.2, -0.15) is 15.0 Å². The molecule has 0 aliphatic carbocycles. The van der Waals surface area contributed by atoms with Crippen molar-refractivity contribution < 1.29 is 4.79 Å². The molecule has 1 fully saturated rings. The summed E-state index contributed by atoms with van der Waals surface area (Å²) in [6.45, 7) is 1.54. The largest absolute Gasteiger partial charge is 0.368 e. The lowest BCUT2D eigenvalue weighted by Gasteiger charge is -2.18. The van der Waals surface area contributed by atoms with Gasteiger partial charge >= 0.3 is 0 Å². The Morgan fingerprint density at radius 2 is 2.19 bits per heavy atom. The molecule has 0 unspecified atom stereocenters. The van der Waals surface area contributed by atoms with Crippen LogP contribution in [0.4, 0.5) is 11.9 Å². The Kier molecular flexibility index (Phi) is 3.04. The van der Waals surface area contributed by atoms with E-state index in [-0.39, 0.29) is 23.7 Å². The topological polar surface area (TPSA) is 97.0 Å². The molecule has 0 aromatic carbocycles. The van der Waals surface area contributed by atoms with Crippen LogP contribution in [0.3, 0.4) is 0 Å². The van der Waals surface area contributed by atoms with Crippen molar-refractivity contribution in [3.63, 3.8) is 0 Å². The lowest BCUT2D eigenvalue weighted by atomic mass is 10.4. The van der Waals surface area contributed by atoms with E-state index in [1.807, 2.05) is 0 Å². The van der Waals surface area contributed by atoms with E-state index in [1.165, 1.54) is 0 Å². The number of carbonyl (C=O) groups excluding carboxylic acids is 1. The van der Waals surface area contributed by atoms with Crippen molar-refractivity contribution in [1.29, 1.82) is 0 Å². The van der Waals surface area contributed by atoms with Crippen molar-refractivity contribution in [2.24, 2.45) is 0 Å². The monoisotopic (exact) mass is 242 g/mol. The van der Waals surface area contributed by atoms with Crippen molar-refractivity contribution in [3.05, 3.63) is 5.28 Å². The molecule has 0 saturated carbocycles. The molecule has 2 heterocycles. The highest BCUT2D eigenvalue weighted by atomic mass is 35.5. The second-order valence-corrected chi connectivity index (χ2v) is 3.73. The SMILES string of the molecule is Nc1nc(Cl)nc(N2CCCNC(=O)C2)n1. The van der Waals surface area contributed by atoms with Crippen molar-refractivity contribution in [3.8, 4) is 0 Å². The molecule has 0 radical (unpaired) electrons. The summed E-state index contributed by atoms with van der Waals surface area (Å²) in [6, 6.07) is 0. The van der Waals surface area contributed by atoms with Gasteiger partial charge in [0, 0.05) is 13.1 Å². The molecule has 0 bridgehead atoms. The fourth-order valence-corrected chi connectivity index (χ4v) is 1.63. The van der Waals surface area contributed by atoms with E-state index in [0.717, 1.165) is 6.42 Å². The summed E-state index contributed by atoms with van der Waals surface area (Å²) in [5.74, 6) is 0.335. The van der Waals surface area contributed by atoms with E-state index in [2.05, 4.69) is 20.3 Å².